The standard InChI is InChI=1S/C15H20O3/c1-4-8-13-9-6-7-10-14(13)18-12(3)11-15(16)17-5-2/h6-7,9-11H,4-5,8H2,1-3H3/b12-11+. The predicted octanol–water partition coefficient (Wildman–Crippen LogP) is 3.48. The summed E-state index contributed by atoms with van der Waals surface area (Å²) in [5.41, 5.74) is 1.15. The lowest BCUT2D eigenvalue weighted by Gasteiger charge is -2.10. The Morgan fingerprint density at radius 3 is 2.67 bits per heavy atom. The van der Waals surface area contributed by atoms with E-state index < -0.39 is 0 Å². The van der Waals surface area contributed by atoms with Gasteiger partial charge in [-0.05, 0) is 31.9 Å². The summed E-state index contributed by atoms with van der Waals surface area (Å²) in [4.78, 5) is 11.3. The van der Waals surface area contributed by atoms with Crippen molar-refractivity contribution in [3.05, 3.63) is 41.7 Å². The first-order valence-electron chi connectivity index (χ1n) is 6.28. The van der Waals surface area contributed by atoms with Gasteiger partial charge in [0.05, 0.1) is 12.7 Å². The van der Waals surface area contributed by atoms with E-state index in [1.807, 2.05) is 24.3 Å². The van der Waals surface area contributed by atoms with Crippen LogP contribution in [-0.4, -0.2) is 12.6 Å². The number of rotatable bonds is 6. The Hall–Kier alpha value is -1.77. The summed E-state index contributed by atoms with van der Waals surface area (Å²) in [7, 11) is 0. The summed E-state index contributed by atoms with van der Waals surface area (Å²) < 4.78 is 10.5. The maximum Gasteiger partial charge on any atom is 0.334 e. The second-order valence-corrected chi connectivity index (χ2v) is 3.97. The van der Waals surface area contributed by atoms with E-state index >= 15 is 0 Å². The molecule has 98 valence electrons. The first-order valence-corrected chi connectivity index (χ1v) is 6.28. The first-order chi connectivity index (χ1) is 8.67. The third kappa shape index (κ3) is 4.62. The summed E-state index contributed by atoms with van der Waals surface area (Å²) in [6.07, 6.45) is 3.39. The fraction of sp³-hybridized carbons (Fsp3) is 0.400. The number of allylic oxidation sites excluding steroid dienone is 1. The lowest BCUT2D eigenvalue weighted by atomic mass is 10.1. The molecule has 0 aliphatic heterocycles. The van der Waals surface area contributed by atoms with E-state index in [2.05, 4.69) is 6.92 Å². The number of hydrogen-bond acceptors (Lipinski definition) is 3. The van der Waals surface area contributed by atoms with Gasteiger partial charge < -0.3 is 9.47 Å². The average molecular weight is 248 g/mol. The van der Waals surface area contributed by atoms with Gasteiger partial charge in [0, 0.05) is 0 Å². The molecule has 0 aliphatic carbocycles. The molecule has 0 aliphatic rings. The highest BCUT2D eigenvalue weighted by molar-refractivity contribution is 5.82. The largest absolute Gasteiger partial charge is 0.463 e. The maximum atomic E-state index is 11.3. The van der Waals surface area contributed by atoms with Crippen LogP contribution in [0.2, 0.25) is 0 Å². The van der Waals surface area contributed by atoms with E-state index in [4.69, 9.17) is 9.47 Å². The molecule has 0 radical (unpaired) electrons. The van der Waals surface area contributed by atoms with Crippen LogP contribution < -0.4 is 4.74 Å². The molecule has 0 unspecified atom stereocenters. The van der Waals surface area contributed by atoms with Gasteiger partial charge in [0.1, 0.15) is 11.5 Å². The Balaban J connectivity index is 2.74. The van der Waals surface area contributed by atoms with Crippen LogP contribution in [-0.2, 0) is 16.0 Å². The van der Waals surface area contributed by atoms with Crippen LogP contribution in [0.3, 0.4) is 0 Å². The fourth-order valence-electron chi connectivity index (χ4n) is 1.63. The lowest BCUT2D eigenvalue weighted by Crippen LogP contribution is -2.03. The highest BCUT2D eigenvalue weighted by Gasteiger charge is 2.04. The predicted molar refractivity (Wildman–Crippen MR) is 71.5 cm³/mol. The Morgan fingerprint density at radius 2 is 2.00 bits per heavy atom. The molecule has 1 rings (SSSR count). The lowest BCUT2D eigenvalue weighted by molar-refractivity contribution is -0.137. The molecule has 3 heteroatoms. The van der Waals surface area contributed by atoms with E-state index in [9.17, 15) is 4.79 Å². The summed E-state index contributed by atoms with van der Waals surface area (Å²) in [6, 6.07) is 7.86. The molecule has 0 atom stereocenters. The Morgan fingerprint density at radius 1 is 1.28 bits per heavy atom. The van der Waals surface area contributed by atoms with E-state index in [-0.39, 0.29) is 5.97 Å². The van der Waals surface area contributed by atoms with Crippen molar-refractivity contribution in [2.75, 3.05) is 6.61 Å². The fourth-order valence-corrected chi connectivity index (χ4v) is 1.63. The quantitative estimate of drug-likeness (QED) is 0.439. The highest BCUT2D eigenvalue weighted by atomic mass is 16.5. The normalized spacial score (nSPS) is 11.2. The van der Waals surface area contributed by atoms with E-state index in [1.165, 1.54) is 6.08 Å². The van der Waals surface area contributed by atoms with Crippen molar-refractivity contribution in [2.24, 2.45) is 0 Å². The van der Waals surface area contributed by atoms with Crippen molar-refractivity contribution in [2.45, 2.75) is 33.6 Å². The SMILES string of the molecule is CCCc1ccccc1O/C(C)=C/C(=O)OCC. The summed E-state index contributed by atoms with van der Waals surface area (Å²) >= 11 is 0. The van der Waals surface area contributed by atoms with Gasteiger partial charge in [-0.15, -0.1) is 0 Å². The van der Waals surface area contributed by atoms with Crippen molar-refractivity contribution >= 4 is 5.97 Å². The monoisotopic (exact) mass is 248 g/mol. The van der Waals surface area contributed by atoms with Gasteiger partial charge in [0.25, 0.3) is 0 Å². The molecule has 0 saturated carbocycles. The van der Waals surface area contributed by atoms with E-state index in [0.717, 1.165) is 24.2 Å². The number of ether oxygens (including phenoxy) is 2. The number of benzene rings is 1. The van der Waals surface area contributed by atoms with Crippen LogP contribution in [0.15, 0.2) is 36.1 Å². The number of para-hydroxylation sites is 1. The van der Waals surface area contributed by atoms with Crippen molar-refractivity contribution in [3.8, 4) is 5.75 Å². The Labute approximate surface area is 108 Å². The molecular formula is C15H20O3. The molecule has 0 spiro atoms. The van der Waals surface area contributed by atoms with Gasteiger partial charge in [-0.25, -0.2) is 4.79 Å². The molecular weight excluding hydrogens is 228 g/mol. The second-order valence-electron chi connectivity index (χ2n) is 3.97. The molecule has 0 N–H and O–H groups in total. The van der Waals surface area contributed by atoms with Crippen LogP contribution >= 0.6 is 0 Å². The van der Waals surface area contributed by atoms with E-state index in [0.29, 0.717) is 12.4 Å². The third-order valence-electron chi connectivity index (χ3n) is 2.37. The molecule has 3 nitrogen and oxygen atoms in total. The second kappa shape index (κ2) is 7.54. The molecule has 0 saturated heterocycles. The van der Waals surface area contributed by atoms with E-state index in [1.54, 1.807) is 13.8 Å². The Bertz CT molecular complexity index is 422. The summed E-state index contributed by atoms with van der Waals surface area (Å²) in [5.74, 6) is 0.970. The van der Waals surface area contributed by atoms with Crippen molar-refractivity contribution in [1.82, 2.24) is 0 Å². The number of carbonyl (C=O) groups is 1. The zero-order valence-corrected chi connectivity index (χ0v) is 11.2. The van der Waals surface area contributed by atoms with Crippen LogP contribution in [0, 0.1) is 0 Å². The number of hydrogen-bond donors (Lipinski definition) is 0. The third-order valence-corrected chi connectivity index (χ3v) is 2.37. The van der Waals surface area contributed by atoms with Crippen molar-refractivity contribution in [3.63, 3.8) is 0 Å². The molecule has 18 heavy (non-hydrogen) atoms. The topological polar surface area (TPSA) is 35.5 Å². The minimum absolute atomic E-state index is 0.370. The summed E-state index contributed by atoms with van der Waals surface area (Å²) in [5, 5.41) is 0. The Kier molecular flexibility index (Phi) is 5.98. The van der Waals surface area contributed by atoms with Crippen molar-refractivity contribution < 1.29 is 14.3 Å². The molecule has 1 aromatic rings. The van der Waals surface area contributed by atoms with Crippen molar-refractivity contribution in [1.29, 1.82) is 0 Å². The van der Waals surface area contributed by atoms with Crippen LogP contribution in [0.5, 0.6) is 5.75 Å². The minimum atomic E-state index is -0.372. The number of esters is 1. The van der Waals surface area contributed by atoms with Crippen LogP contribution in [0.1, 0.15) is 32.8 Å². The van der Waals surface area contributed by atoms with Gasteiger partial charge in [-0.1, -0.05) is 31.5 Å². The van der Waals surface area contributed by atoms with Crippen LogP contribution in [0.4, 0.5) is 0 Å². The molecule has 0 amide bonds. The molecule has 0 fully saturated rings. The van der Waals surface area contributed by atoms with Crippen LogP contribution in [0.25, 0.3) is 0 Å². The van der Waals surface area contributed by atoms with Gasteiger partial charge in [0.15, 0.2) is 0 Å². The van der Waals surface area contributed by atoms with Gasteiger partial charge in [0.2, 0.25) is 0 Å². The van der Waals surface area contributed by atoms with Gasteiger partial charge in [-0.3, -0.25) is 0 Å². The number of carbonyl (C=O) groups excluding carboxylic acids is 1. The average Bonchev–Trinajstić information content (AvgIpc) is 2.32. The zero-order valence-electron chi connectivity index (χ0n) is 11.2. The first kappa shape index (κ1) is 14.3. The smallest absolute Gasteiger partial charge is 0.334 e. The number of aryl methyl sites for hydroxylation is 1. The molecule has 0 heterocycles. The molecule has 0 bridgehead atoms. The minimum Gasteiger partial charge on any atom is -0.463 e. The zero-order chi connectivity index (χ0) is 13.4. The van der Waals surface area contributed by atoms with Gasteiger partial charge in [-0.2, -0.15) is 0 Å². The maximum absolute atomic E-state index is 11.3. The summed E-state index contributed by atoms with van der Waals surface area (Å²) in [6.45, 7) is 6.02. The molecule has 0 aromatic heterocycles. The molecule has 1 aromatic carbocycles. The van der Waals surface area contributed by atoms with Gasteiger partial charge >= 0.3 is 5.97 Å². The highest BCUT2D eigenvalue weighted by Crippen LogP contribution is 2.21.